The van der Waals surface area contributed by atoms with Gasteiger partial charge in [-0.05, 0) is 18.1 Å². The van der Waals surface area contributed by atoms with Crippen LogP contribution in [0.25, 0.3) is 0 Å². The van der Waals surface area contributed by atoms with Crippen LogP contribution in [0, 0.1) is 17.0 Å². The summed E-state index contributed by atoms with van der Waals surface area (Å²) in [6, 6.07) is 14.9. The number of nitrogens with two attached hydrogens (primary N) is 1. The molecule has 0 radical (unpaired) electrons. The average Bonchev–Trinajstić information content (AvgIpc) is 2.48. The summed E-state index contributed by atoms with van der Waals surface area (Å²) in [5, 5.41) is 11.0. The number of hydrogen-bond acceptors (Lipinski definition) is 4. The van der Waals surface area contributed by atoms with Gasteiger partial charge in [-0.3, -0.25) is 10.1 Å². The third kappa shape index (κ3) is 3.79. The van der Waals surface area contributed by atoms with Gasteiger partial charge in [0.2, 0.25) is 0 Å². The van der Waals surface area contributed by atoms with E-state index in [0.717, 1.165) is 16.8 Å². The normalized spacial score (nSPS) is 10.4. The van der Waals surface area contributed by atoms with E-state index in [0.29, 0.717) is 19.6 Å². The van der Waals surface area contributed by atoms with Gasteiger partial charge in [-0.1, -0.05) is 36.4 Å². The first kappa shape index (κ1) is 15.0. The number of hydrogen-bond donors (Lipinski definition) is 1. The van der Waals surface area contributed by atoms with Gasteiger partial charge in [0.15, 0.2) is 0 Å². The molecule has 0 unspecified atom stereocenters. The second-order valence-electron chi connectivity index (χ2n) is 4.92. The molecule has 21 heavy (non-hydrogen) atoms. The zero-order chi connectivity index (χ0) is 15.2. The second kappa shape index (κ2) is 6.85. The van der Waals surface area contributed by atoms with Crippen molar-refractivity contribution in [2.75, 3.05) is 18.0 Å². The Morgan fingerprint density at radius 1 is 1.19 bits per heavy atom. The van der Waals surface area contributed by atoms with Crippen molar-refractivity contribution in [1.82, 2.24) is 0 Å². The number of aryl methyl sites for hydroxylation is 1. The highest BCUT2D eigenvalue weighted by Crippen LogP contribution is 2.26. The van der Waals surface area contributed by atoms with E-state index in [1.165, 1.54) is 6.07 Å². The summed E-state index contributed by atoms with van der Waals surface area (Å²) in [5.74, 6) is 0. The van der Waals surface area contributed by atoms with Crippen molar-refractivity contribution in [2.45, 2.75) is 13.5 Å². The maximum Gasteiger partial charge on any atom is 0.271 e. The standard InChI is InChI=1S/C16H19N3O2/c1-13-7-8-15(19(20)21)11-16(13)18(10-9-17)12-14-5-3-2-4-6-14/h2-8,11H,9-10,12,17H2,1H3. The molecule has 0 bridgehead atoms. The van der Waals surface area contributed by atoms with Crippen LogP contribution < -0.4 is 10.6 Å². The Morgan fingerprint density at radius 2 is 1.90 bits per heavy atom. The third-order valence-electron chi connectivity index (χ3n) is 3.36. The van der Waals surface area contributed by atoms with Crippen molar-refractivity contribution >= 4 is 11.4 Å². The SMILES string of the molecule is Cc1ccc([N+](=O)[O-])cc1N(CCN)Cc1ccccc1. The first-order valence-corrected chi connectivity index (χ1v) is 6.86. The van der Waals surface area contributed by atoms with Crippen LogP contribution in [-0.4, -0.2) is 18.0 Å². The smallest absolute Gasteiger partial charge is 0.271 e. The Morgan fingerprint density at radius 3 is 2.52 bits per heavy atom. The number of nitro benzene ring substituents is 1. The van der Waals surface area contributed by atoms with Crippen molar-refractivity contribution in [3.63, 3.8) is 0 Å². The van der Waals surface area contributed by atoms with Crippen LogP contribution in [0.1, 0.15) is 11.1 Å². The van der Waals surface area contributed by atoms with E-state index in [1.807, 2.05) is 37.3 Å². The van der Waals surface area contributed by atoms with Gasteiger partial charge in [0.1, 0.15) is 0 Å². The fourth-order valence-corrected chi connectivity index (χ4v) is 2.30. The Labute approximate surface area is 124 Å². The minimum atomic E-state index is -0.369. The third-order valence-corrected chi connectivity index (χ3v) is 3.36. The molecule has 2 N–H and O–H groups in total. The number of anilines is 1. The Balaban J connectivity index is 2.33. The molecule has 0 saturated heterocycles. The fraction of sp³-hybridized carbons (Fsp3) is 0.250. The second-order valence-corrected chi connectivity index (χ2v) is 4.92. The number of non-ortho nitro benzene ring substituents is 1. The van der Waals surface area contributed by atoms with Gasteiger partial charge in [-0.25, -0.2) is 0 Å². The van der Waals surface area contributed by atoms with E-state index < -0.39 is 0 Å². The summed E-state index contributed by atoms with van der Waals surface area (Å²) in [6.07, 6.45) is 0. The molecule has 0 heterocycles. The maximum absolute atomic E-state index is 11.0. The fourth-order valence-electron chi connectivity index (χ4n) is 2.30. The molecular weight excluding hydrogens is 266 g/mol. The van der Waals surface area contributed by atoms with E-state index >= 15 is 0 Å². The molecule has 0 spiro atoms. The highest BCUT2D eigenvalue weighted by Gasteiger charge is 2.14. The van der Waals surface area contributed by atoms with Crippen molar-refractivity contribution in [1.29, 1.82) is 0 Å². The first-order chi connectivity index (χ1) is 10.1. The van der Waals surface area contributed by atoms with Crippen molar-refractivity contribution in [3.05, 3.63) is 69.8 Å². The largest absolute Gasteiger partial charge is 0.366 e. The maximum atomic E-state index is 11.0. The highest BCUT2D eigenvalue weighted by molar-refractivity contribution is 5.59. The summed E-state index contributed by atoms with van der Waals surface area (Å²) >= 11 is 0. The van der Waals surface area contributed by atoms with Crippen LogP contribution in [0.2, 0.25) is 0 Å². The minimum absolute atomic E-state index is 0.102. The number of rotatable bonds is 6. The lowest BCUT2D eigenvalue weighted by Crippen LogP contribution is -2.29. The van der Waals surface area contributed by atoms with Gasteiger partial charge < -0.3 is 10.6 Å². The topological polar surface area (TPSA) is 72.4 Å². The summed E-state index contributed by atoms with van der Waals surface area (Å²) in [6.45, 7) is 3.78. The molecule has 5 heteroatoms. The molecule has 2 rings (SSSR count). The van der Waals surface area contributed by atoms with Crippen LogP contribution >= 0.6 is 0 Å². The molecule has 0 aliphatic rings. The molecule has 5 nitrogen and oxygen atoms in total. The molecule has 110 valence electrons. The lowest BCUT2D eigenvalue weighted by atomic mass is 10.1. The molecule has 0 amide bonds. The van der Waals surface area contributed by atoms with E-state index in [4.69, 9.17) is 5.73 Å². The predicted molar refractivity (Wildman–Crippen MR) is 84.4 cm³/mol. The molecule has 2 aromatic carbocycles. The first-order valence-electron chi connectivity index (χ1n) is 6.86. The summed E-state index contributed by atoms with van der Waals surface area (Å²) in [5.41, 5.74) is 8.81. The Hall–Kier alpha value is -2.40. The summed E-state index contributed by atoms with van der Waals surface area (Å²) < 4.78 is 0. The molecule has 0 aromatic heterocycles. The minimum Gasteiger partial charge on any atom is -0.366 e. The molecule has 0 aliphatic carbocycles. The molecular formula is C16H19N3O2. The molecule has 0 saturated carbocycles. The highest BCUT2D eigenvalue weighted by atomic mass is 16.6. The van der Waals surface area contributed by atoms with Crippen molar-refractivity contribution < 1.29 is 4.92 Å². The van der Waals surface area contributed by atoms with Crippen molar-refractivity contribution in [3.8, 4) is 0 Å². The van der Waals surface area contributed by atoms with Crippen LogP contribution in [-0.2, 0) is 6.54 Å². The van der Waals surface area contributed by atoms with Gasteiger partial charge in [-0.15, -0.1) is 0 Å². The van der Waals surface area contributed by atoms with E-state index in [1.54, 1.807) is 12.1 Å². The molecule has 0 fully saturated rings. The van der Waals surface area contributed by atoms with E-state index in [-0.39, 0.29) is 10.6 Å². The Kier molecular flexibility index (Phi) is 4.90. The predicted octanol–water partition coefficient (Wildman–Crippen LogP) is 2.87. The van der Waals surface area contributed by atoms with Crippen LogP contribution in [0.15, 0.2) is 48.5 Å². The van der Waals surface area contributed by atoms with Crippen LogP contribution in [0.3, 0.4) is 0 Å². The van der Waals surface area contributed by atoms with Gasteiger partial charge in [0.05, 0.1) is 4.92 Å². The van der Waals surface area contributed by atoms with Gasteiger partial charge >= 0.3 is 0 Å². The molecule has 0 atom stereocenters. The van der Waals surface area contributed by atoms with Crippen molar-refractivity contribution in [2.24, 2.45) is 5.73 Å². The van der Waals surface area contributed by atoms with Gasteiger partial charge in [0.25, 0.3) is 5.69 Å². The van der Waals surface area contributed by atoms with E-state index in [2.05, 4.69) is 4.90 Å². The summed E-state index contributed by atoms with van der Waals surface area (Å²) in [7, 11) is 0. The number of nitro groups is 1. The number of benzene rings is 2. The zero-order valence-electron chi connectivity index (χ0n) is 12.0. The Bertz CT molecular complexity index is 614. The monoisotopic (exact) mass is 285 g/mol. The average molecular weight is 285 g/mol. The van der Waals surface area contributed by atoms with Gasteiger partial charge in [-0.2, -0.15) is 0 Å². The number of nitrogens with zero attached hydrogens (tertiary/aromatic N) is 2. The van der Waals surface area contributed by atoms with E-state index in [9.17, 15) is 10.1 Å². The quantitative estimate of drug-likeness (QED) is 0.654. The van der Waals surface area contributed by atoms with Crippen LogP contribution in [0.4, 0.5) is 11.4 Å². The lowest BCUT2D eigenvalue weighted by Gasteiger charge is -2.26. The zero-order valence-corrected chi connectivity index (χ0v) is 12.0. The van der Waals surface area contributed by atoms with Gasteiger partial charge in [0, 0.05) is 37.5 Å². The molecule has 0 aliphatic heterocycles. The summed E-state index contributed by atoms with van der Waals surface area (Å²) in [4.78, 5) is 12.7. The molecule has 2 aromatic rings. The lowest BCUT2D eigenvalue weighted by molar-refractivity contribution is -0.384. The van der Waals surface area contributed by atoms with Crippen LogP contribution in [0.5, 0.6) is 0 Å².